The van der Waals surface area contributed by atoms with Gasteiger partial charge in [0.25, 0.3) is 0 Å². The van der Waals surface area contributed by atoms with Gasteiger partial charge in [0.1, 0.15) is 0 Å². The number of nitrogens with zero attached hydrogens (tertiary/aromatic N) is 1. The highest BCUT2D eigenvalue weighted by Gasteiger charge is 2.08. The van der Waals surface area contributed by atoms with Crippen molar-refractivity contribution in [1.82, 2.24) is 0 Å². The van der Waals surface area contributed by atoms with Gasteiger partial charge in [-0.05, 0) is 56.2 Å². The number of carbonyl (C=O) groups excluding carboxylic acids is 1. The largest absolute Gasteiger partial charge is 0.481 e. The van der Waals surface area contributed by atoms with Gasteiger partial charge in [0, 0.05) is 36.6 Å². The summed E-state index contributed by atoms with van der Waals surface area (Å²) >= 11 is 0. The van der Waals surface area contributed by atoms with E-state index in [1.807, 2.05) is 37.4 Å². The number of hydrogen-bond donors (Lipinski definition) is 3. The van der Waals surface area contributed by atoms with E-state index >= 15 is 0 Å². The number of aryl methyl sites for hydroxylation is 1. The van der Waals surface area contributed by atoms with Crippen LogP contribution in [-0.2, 0) is 11.2 Å². The summed E-state index contributed by atoms with van der Waals surface area (Å²) in [5.41, 5.74) is 3.22. The molecule has 2 rings (SSSR count). The van der Waals surface area contributed by atoms with E-state index in [0.717, 1.165) is 11.3 Å². The van der Waals surface area contributed by atoms with Crippen molar-refractivity contribution in [2.24, 2.45) is 0 Å². The molecule has 2 aromatic rings. The van der Waals surface area contributed by atoms with Gasteiger partial charge in [0.15, 0.2) is 0 Å². The monoisotopic (exact) mass is 355 g/mol. The molecule has 0 atom stereocenters. The zero-order valence-corrected chi connectivity index (χ0v) is 15.3. The maximum atomic E-state index is 12.2. The highest BCUT2D eigenvalue weighted by atomic mass is 16.4. The van der Waals surface area contributed by atoms with Gasteiger partial charge in [0.2, 0.25) is 0 Å². The second-order valence-electron chi connectivity index (χ2n) is 6.43. The van der Waals surface area contributed by atoms with Crippen molar-refractivity contribution >= 4 is 29.1 Å². The lowest BCUT2D eigenvalue weighted by Gasteiger charge is -2.24. The second-order valence-corrected chi connectivity index (χ2v) is 6.43. The first-order valence-electron chi connectivity index (χ1n) is 8.57. The van der Waals surface area contributed by atoms with E-state index in [9.17, 15) is 9.59 Å². The summed E-state index contributed by atoms with van der Waals surface area (Å²) in [4.78, 5) is 25.0. The number of carbonyl (C=O) groups is 2. The highest BCUT2D eigenvalue weighted by molar-refractivity contribution is 6.00. The van der Waals surface area contributed by atoms with Crippen LogP contribution in [-0.4, -0.2) is 30.2 Å². The second kappa shape index (κ2) is 8.89. The molecule has 0 aliphatic rings. The smallest absolute Gasteiger partial charge is 0.323 e. The first-order valence-corrected chi connectivity index (χ1v) is 8.57. The quantitative estimate of drug-likeness (QED) is 0.695. The Bertz CT molecular complexity index is 774. The Labute approximate surface area is 153 Å². The van der Waals surface area contributed by atoms with Crippen molar-refractivity contribution in [2.75, 3.05) is 22.6 Å². The van der Waals surface area contributed by atoms with Gasteiger partial charge in [-0.1, -0.05) is 18.2 Å². The molecule has 0 radical (unpaired) electrons. The zero-order valence-electron chi connectivity index (χ0n) is 15.3. The van der Waals surface area contributed by atoms with Crippen LogP contribution in [0, 0.1) is 0 Å². The minimum absolute atomic E-state index is 0.0613. The molecule has 0 aliphatic carbocycles. The summed E-state index contributed by atoms with van der Waals surface area (Å²) in [6, 6.07) is 14.9. The molecule has 0 heterocycles. The number of carboxylic acids is 1. The minimum Gasteiger partial charge on any atom is -0.481 e. The van der Waals surface area contributed by atoms with E-state index in [-0.39, 0.29) is 12.5 Å². The fraction of sp³-hybridized carbons (Fsp3) is 0.300. The van der Waals surface area contributed by atoms with Gasteiger partial charge in [0.05, 0.1) is 0 Å². The van der Waals surface area contributed by atoms with E-state index in [0.29, 0.717) is 23.8 Å². The van der Waals surface area contributed by atoms with Crippen LogP contribution in [0.1, 0.15) is 25.8 Å². The molecule has 0 fully saturated rings. The number of hydrogen-bond acceptors (Lipinski definition) is 3. The Morgan fingerprint density at radius 2 is 1.65 bits per heavy atom. The molecule has 26 heavy (non-hydrogen) atoms. The van der Waals surface area contributed by atoms with Crippen LogP contribution >= 0.6 is 0 Å². The van der Waals surface area contributed by atoms with Crippen LogP contribution < -0.4 is 15.5 Å². The predicted molar refractivity (Wildman–Crippen MR) is 105 cm³/mol. The molecule has 0 saturated carbocycles. The van der Waals surface area contributed by atoms with Gasteiger partial charge in [-0.25, -0.2) is 4.79 Å². The van der Waals surface area contributed by atoms with E-state index < -0.39 is 5.97 Å². The van der Waals surface area contributed by atoms with Gasteiger partial charge < -0.3 is 20.6 Å². The topological polar surface area (TPSA) is 81.7 Å². The molecule has 0 aliphatic heterocycles. The summed E-state index contributed by atoms with van der Waals surface area (Å²) in [6.45, 7) is 4.20. The first-order chi connectivity index (χ1) is 12.3. The van der Waals surface area contributed by atoms with Crippen LogP contribution in [0.25, 0.3) is 0 Å². The Kier molecular flexibility index (Phi) is 6.60. The van der Waals surface area contributed by atoms with E-state index in [2.05, 4.69) is 29.4 Å². The fourth-order valence-corrected chi connectivity index (χ4v) is 2.45. The first kappa shape index (κ1) is 19.3. The molecule has 0 aromatic heterocycles. The summed E-state index contributed by atoms with van der Waals surface area (Å²) in [6.07, 6.45) is 0.488. The number of amides is 2. The maximum absolute atomic E-state index is 12.2. The number of carboxylic acid groups (broad SMARTS) is 1. The molecule has 2 aromatic carbocycles. The third-order valence-electron chi connectivity index (χ3n) is 4.10. The molecule has 138 valence electrons. The molecular formula is C20H25N3O3. The van der Waals surface area contributed by atoms with Crippen molar-refractivity contribution in [1.29, 1.82) is 0 Å². The molecule has 0 saturated heterocycles. The van der Waals surface area contributed by atoms with Crippen LogP contribution in [0.4, 0.5) is 21.9 Å². The van der Waals surface area contributed by atoms with Crippen molar-refractivity contribution in [3.63, 3.8) is 0 Å². The Morgan fingerprint density at radius 3 is 2.27 bits per heavy atom. The van der Waals surface area contributed by atoms with E-state index in [1.54, 1.807) is 18.2 Å². The highest BCUT2D eigenvalue weighted by Crippen LogP contribution is 2.20. The third-order valence-corrected chi connectivity index (χ3v) is 4.10. The van der Waals surface area contributed by atoms with Crippen molar-refractivity contribution in [3.8, 4) is 0 Å². The number of anilines is 3. The van der Waals surface area contributed by atoms with Crippen molar-refractivity contribution < 1.29 is 14.7 Å². The number of rotatable bonds is 7. The van der Waals surface area contributed by atoms with Gasteiger partial charge in [-0.2, -0.15) is 0 Å². The molecular weight excluding hydrogens is 330 g/mol. The summed E-state index contributed by atoms with van der Waals surface area (Å²) in [7, 11) is 2.01. The van der Waals surface area contributed by atoms with Gasteiger partial charge in [-0.3, -0.25) is 4.79 Å². The SMILES string of the molecule is CC(C)N(C)c1cccc(NC(=O)Nc2cccc(CCC(=O)O)c2)c1. The van der Waals surface area contributed by atoms with Crippen molar-refractivity contribution in [3.05, 3.63) is 54.1 Å². The third kappa shape index (κ3) is 5.81. The molecule has 0 bridgehead atoms. The van der Waals surface area contributed by atoms with Crippen LogP contribution in [0.5, 0.6) is 0 Å². The zero-order chi connectivity index (χ0) is 19.1. The normalized spacial score (nSPS) is 10.5. The van der Waals surface area contributed by atoms with Crippen LogP contribution in [0.2, 0.25) is 0 Å². The Balaban J connectivity index is 1.99. The molecule has 2 amide bonds. The average Bonchev–Trinajstić information content (AvgIpc) is 2.59. The average molecular weight is 355 g/mol. The lowest BCUT2D eigenvalue weighted by Crippen LogP contribution is -2.25. The number of nitrogens with one attached hydrogen (secondary N) is 2. The fourth-order valence-electron chi connectivity index (χ4n) is 2.45. The Morgan fingerprint density at radius 1 is 1.04 bits per heavy atom. The molecule has 3 N–H and O–H groups in total. The standard InChI is InChI=1S/C20H25N3O3/c1-14(2)23(3)18-9-5-8-17(13-18)22-20(26)21-16-7-4-6-15(12-16)10-11-19(24)25/h4-9,12-14H,10-11H2,1-3H3,(H,24,25)(H2,21,22,26). The molecule has 0 spiro atoms. The lowest BCUT2D eigenvalue weighted by atomic mass is 10.1. The van der Waals surface area contributed by atoms with Crippen LogP contribution in [0.15, 0.2) is 48.5 Å². The molecule has 6 heteroatoms. The van der Waals surface area contributed by atoms with Crippen LogP contribution in [0.3, 0.4) is 0 Å². The van der Waals surface area contributed by atoms with Crippen molar-refractivity contribution in [2.45, 2.75) is 32.7 Å². The Hall–Kier alpha value is -3.02. The number of benzene rings is 2. The van der Waals surface area contributed by atoms with Gasteiger partial charge >= 0.3 is 12.0 Å². The van der Waals surface area contributed by atoms with Gasteiger partial charge in [-0.15, -0.1) is 0 Å². The summed E-state index contributed by atoms with van der Waals surface area (Å²) in [5.74, 6) is -0.840. The maximum Gasteiger partial charge on any atom is 0.323 e. The molecule has 6 nitrogen and oxygen atoms in total. The number of urea groups is 1. The van der Waals surface area contributed by atoms with E-state index in [1.165, 1.54) is 0 Å². The predicted octanol–water partition coefficient (Wildman–Crippen LogP) is 4.19. The minimum atomic E-state index is -0.840. The van der Waals surface area contributed by atoms with E-state index in [4.69, 9.17) is 5.11 Å². The summed E-state index contributed by atoms with van der Waals surface area (Å²) in [5, 5.41) is 14.4. The lowest BCUT2D eigenvalue weighted by molar-refractivity contribution is -0.136. The number of aliphatic carboxylic acids is 1. The summed E-state index contributed by atoms with van der Waals surface area (Å²) < 4.78 is 0. The molecule has 0 unspecified atom stereocenters.